The highest BCUT2D eigenvalue weighted by atomic mass is 32.1. The lowest BCUT2D eigenvalue weighted by Crippen LogP contribution is -2.07. The molecular formula is C15H20N2S2. The summed E-state index contributed by atoms with van der Waals surface area (Å²) in [7, 11) is 4.10. The Hall–Kier alpha value is -1.00. The van der Waals surface area contributed by atoms with Crippen LogP contribution in [0.1, 0.15) is 23.9 Å². The largest absolute Gasteiger partial charge is 0.378 e. The zero-order valence-electron chi connectivity index (χ0n) is 11.7. The average Bonchev–Trinajstić information content (AvgIpc) is 2.82. The Morgan fingerprint density at radius 1 is 1.21 bits per heavy atom. The molecule has 2 aromatic rings. The fourth-order valence-electron chi connectivity index (χ4n) is 1.96. The third-order valence-corrected chi connectivity index (χ3v) is 4.72. The average molecular weight is 292 g/mol. The van der Waals surface area contributed by atoms with Gasteiger partial charge >= 0.3 is 0 Å². The minimum atomic E-state index is 0.781. The highest BCUT2D eigenvalue weighted by Crippen LogP contribution is 2.30. The molecule has 0 spiro atoms. The van der Waals surface area contributed by atoms with Gasteiger partial charge in [0, 0.05) is 36.0 Å². The Labute approximate surface area is 124 Å². The molecule has 0 saturated carbocycles. The maximum atomic E-state index is 4.77. The minimum Gasteiger partial charge on any atom is -0.378 e. The van der Waals surface area contributed by atoms with Gasteiger partial charge in [-0.3, -0.25) is 0 Å². The van der Waals surface area contributed by atoms with Crippen LogP contribution in [-0.2, 0) is 12.2 Å². The van der Waals surface area contributed by atoms with E-state index in [1.165, 1.54) is 21.8 Å². The molecule has 19 heavy (non-hydrogen) atoms. The predicted octanol–water partition coefficient (Wildman–Crippen LogP) is 4.26. The minimum absolute atomic E-state index is 0.781. The molecule has 2 rings (SSSR count). The summed E-state index contributed by atoms with van der Waals surface area (Å²) >= 11 is 6.17. The van der Waals surface area contributed by atoms with E-state index in [0.717, 1.165) is 23.6 Å². The summed E-state index contributed by atoms with van der Waals surface area (Å²) in [6.07, 6.45) is 2.17. The van der Waals surface area contributed by atoms with Crippen molar-refractivity contribution < 1.29 is 0 Å². The number of hydrogen-bond acceptors (Lipinski definition) is 4. The SMILES string of the molecule is CCCc1nc(-c2ccc(N(C)C)cc2)sc1CS. The summed E-state index contributed by atoms with van der Waals surface area (Å²) in [5, 5.41) is 1.11. The van der Waals surface area contributed by atoms with Crippen molar-refractivity contribution in [1.82, 2.24) is 4.98 Å². The van der Waals surface area contributed by atoms with Gasteiger partial charge in [0.15, 0.2) is 0 Å². The van der Waals surface area contributed by atoms with E-state index in [9.17, 15) is 0 Å². The number of hydrogen-bond donors (Lipinski definition) is 1. The molecule has 0 bridgehead atoms. The van der Waals surface area contributed by atoms with E-state index in [4.69, 9.17) is 4.98 Å². The molecule has 2 nitrogen and oxygen atoms in total. The maximum Gasteiger partial charge on any atom is 0.123 e. The van der Waals surface area contributed by atoms with Crippen LogP contribution >= 0.6 is 24.0 Å². The molecule has 0 aliphatic heterocycles. The monoisotopic (exact) mass is 292 g/mol. The molecule has 0 radical (unpaired) electrons. The van der Waals surface area contributed by atoms with E-state index >= 15 is 0 Å². The normalized spacial score (nSPS) is 10.7. The summed E-state index contributed by atoms with van der Waals surface area (Å²) in [6, 6.07) is 8.56. The summed E-state index contributed by atoms with van der Waals surface area (Å²) in [6.45, 7) is 2.19. The number of aryl methyl sites for hydroxylation is 1. The second-order valence-electron chi connectivity index (χ2n) is 4.74. The van der Waals surface area contributed by atoms with Crippen molar-refractivity contribution in [2.45, 2.75) is 25.5 Å². The van der Waals surface area contributed by atoms with Gasteiger partial charge in [-0.2, -0.15) is 12.6 Å². The van der Waals surface area contributed by atoms with Crippen LogP contribution in [0.5, 0.6) is 0 Å². The van der Waals surface area contributed by atoms with E-state index in [0.29, 0.717) is 0 Å². The molecular weight excluding hydrogens is 272 g/mol. The van der Waals surface area contributed by atoms with Crippen molar-refractivity contribution in [2.24, 2.45) is 0 Å². The van der Waals surface area contributed by atoms with Gasteiger partial charge in [0.1, 0.15) is 5.01 Å². The Kier molecular flexibility index (Phi) is 4.88. The molecule has 0 aliphatic rings. The molecule has 0 unspecified atom stereocenters. The first-order chi connectivity index (χ1) is 9.15. The molecule has 4 heteroatoms. The zero-order chi connectivity index (χ0) is 13.8. The van der Waals surface area contributed by atoms with Gasteiger partial charge in [0.2, 0.25) is 0 Å². The number of anilines is 1. The van der Waals surface area contributed by atoms with Crippen LogP contribution in [0.15, 0.2) is 24.3 Å². The van der Waals surface area contributed by atoms with Gasteiger partial charge in [-0.1, -0.05) is 13.3 Å². The second kappa shape index (κ2) is 6.44. The fourth-order valence-corrected chi connectivity index (χ4v) is 3.31. The maximum absolute atomic E-state index is 4.77. The van der Waals surface area contributed by atoms with E-state index in [-0.39, 0.29) is 0 Å². The summed E-state index contributed by atoms with van der Waals surface area (Å²) in [4.78, 5) is 8.18. The number of rotatable bonds is 5. The zero-order valence-corrected chi connectivity index (χ0v) is 13.4. The van der Waals surface area contributed by atoms with Crippen LogP contribution in [-0.4, -0.2) is 19.1 Å². The fraction of sp³-hybridized carbons (Fsp3) is 0.400. The van der Waals surface area contributed by atoms with Gasteiger partial charge in [0.05, 0.1) is 5.69 Å². The van der Waals surface area contributed by atoms with Crippen LogP contribution in [0, 0.1) is 0 Å². The second-order valence-corrected chi connectivity index (χ2v) is 6.14. The van der Waals surface area contributed by atoms with Crippen LogP contribution in [0.2, 0.25) is 0 Å². The van der Waals surface area contributed by atoms with E-state index < -0.39 is 0 Å². The van der Waals surface area contributed by atoms with Crippen molar-refractivity contribution in [3.8, 4) is 10.6 Å². The van der Waals surface area contributed by atoms with E-state index in [1.807, 2.05) is 0 Å². The number of thiol groups is 1. The van der Waals surface area contributed by atoms with E-state index in [2.05, 4.69) is 62.8 Å². The third-order valence-electron chi connectivity index (χ3n) is 3.04. The number of nitrogens with zero attached hydrogens (tertiary/aromatic N) is 2. The molecule has 0 N–H and O–H groups in total. The van der Waals surface area contributed by atoms with Crippen LogP contribution in [0.25, 0.3) is 10.6 Å². The lowest BCUT2D eigenvalue weighted by atomic mass is 10.2. The van der Waals surface area contributed by atoms with Crippen LogP contribution in [0.3, 0.4) is 0 Å². The summed E-state index contributed by atoms with van der Waals surface area (Å²) < 4.78 is 0. The Balaban J connectivity index is 2.30. The molecule has 0 saturated heterocycles. The highest BCUT2D eigenvalue weighted by Gasteiger charge is 2.11. The van der Waals surface area contributed by atoms with Crippen molar-refractivity contribution >= 4 is 29.7 Å². The quantitative estimate of drug-likeness (QED) is 0.829. The molecule has 1 aromatic heterocycles. The Morgan fingerprint density at radius 2 is 1.89 bits per heavy atom. The lowest BCUT2D eigenvalue weighted by Gasteiger charge is -2.11. The predicted molar refractivity (Wildman–Crippen MR) is 88.6 cm³/mol. The molecule has 0 amide bonds. The van der Waals surface area contributed by atoms with Crippen molar-refractivity contribution in [3.05, 3.63) is 34.8 Å². The molecule has 0 aliphatic carbocycles. The molecule has 102 valence electrons. The van der Waals surface area contributed by atoms with Gasteiger partial charge in [-0.05, 0) is 30.7 Å². The first-order valence-corrected chi connectivity index (χ1v) is 7.97. The molecule has 0 fully saturated rings. The highest BCUT2D eigenvalue weighted by molar-refractivity contribution is 7.79. The lowest BCUT2D eigenvalue weighted by molar-refractivity contribution is 0.884. The van der Waals surface area contributed by atoms with Crippen LogP contribution < -0.4 is 4.90 Å². The van der Waals surface area contributed by atoms with Gasteiger partial charge in [-0.15, -0.1) is 11.3 Å². The topological polar surface area (TPSA) is 16.1 Å². The van der Waals surface area contributed by atoms with Crippen molar-refractivity contribution in [2.75, 3.05) is 19.0 Å². The first-order valence-electron chi connectivity index (χ1n) is 6.53. The Morgan fingerprint density at radius 3 is 2.42 bits per heavy atom. The molecule has 1 heterocycles. The van der Waals surface area contributed by atoms with Gasteiger partial charge < -0.3 is 4.90 Å². The first kappa shape index (κ1) is 14.4. The third kappa shape index (κ3) is 3.31. The van der Waals surface area contributed by atoms with Gasteiger partial charge in [0.25, 0.3) is 0 Å². The number of thiazole rings is 1. The number of aromatic nitrogens is 1. The summed E-state index contributed by atoms with van der Waals surface area (Å²) in [5.41, 5.74) is 3.62. The smallest absolute Gasteiger partial charge is 0.123 e. The Bertz CT molecular complexity index is 530. The van der Waals surface area contributed by atoms with E-state index in [1.54, 1.807) is 11.3 Å². The van der Waals surface area contributed by atoms with Crippen LogP contribution in [0.4, 0.5) is 5.69 Å². The molecule has 0 atom stereocenters. The molecule has 1 aromatic carbocycles. The number of benzene rings is 1. The van der Waals surface area contributed by atoms with Crippen molar-refractivity contribution in [1.29, 1.82) is 0 Å². The van der Waals surface area contributed by atoms with Gasteiger partial charge in [-0.25, -0.2) is 4.98 Å². The summed E-state index contributed by atoms with van der Waals surface area (Å²) in [5.74, 6) is 0.781. The standard InChI is InChI=1S/C15H20N2S2/c1-4-5-13-14(10-18)19-15(16-13)11-6-8-12(9-7-11)17(2)3/h6-9,18H,4-5,10H2,1-3H3. The van der Waals surface area contributed by atoms with Crippen molar-refractivity contribution in [3.63, 3.8) is 0 Å².